The van der Waals surface area contributed by atoms with E-state index in [1.54, 1.807) is 0 Å². The van der Waals surface area contributed by atoms with Gasteiger partial charge in [-0.25, -0.2) is 19.6 Å². The van der Waals surface area contributed by atoms with Crippen LogP contribution < -0.4 is 69.1 Å². The molecule has 8 aliphatic carbocycles. The summed E-state index contributed by atoms with van der Waals surface area (Å²) >= 11 is 0. The zero-order valence-electron chi connectivity index (χ0n) is 58.2. The molecule has 606 valence electrons. The van der Waals surface area contributed by atoms with Crippen molar-refractivity contribution in [1.82, 2.24) is 69.1 Å². The van der Waals surface area contributed by atoms with Gasteiger partial charge in [-0.1, -0.05) is 0 Å². The molecule has 24 atom stereocenters. The Bertz CT molecular complexity index is 3260. The van der Waals surface area contributed by atoms with Crippen LogP contribution in [0.2, 0.25) is 0 Å². The van der Waals surface area contributed by atoms with Gasteiger partial charge in [-0.3, -0.25) is 108 Å². The molecule has 46 heteroatoms. The van der Waals surface area contributed by atoms with Crippen molar-refractivity contribution in [3.05, 3.63) is 0 Å². The summed E-state index contributed by atoms with van der Waals surface area (Å²) in [4.78, 5) is 31.5. The summed E-state index contributed by atoms with van der Waals surface area (Å²) in [5, 5.41) is 136. The number of aliphatic hydroxyl groups is 4. The molecule has 0 aromatic carbocycles. The van der Waals surface area contributed by atoms with Crippen LogP contribution in [0.3, 0.4) is 0 Å². The fourth-order valence-corrected chi connectivity index (χ4v) is 22.8. The maximum atomic E-state index is 14.0. The lowest BCUT2D eigenvalue weighted by Crippen LogP contribution is -2.79. The van der Waals surface area contributed by atoms with Crippen molar-refractivity contribution in [1.29, 1.82) is 0 Å². The highest BCUT2D eigenvalue weighted by Crippen LogP contribution is 2.48. The minimum Gasteiger partial charge on any atom is -0.395 e. The second kappa shape index (κ2) is 38.2. The molecule has 25 N–H and O–H groups in total. The Morgan fingerprint density at radius 3 is 1.07 bits per heavy atom. The number of nitrogens with zero attached hydrogens (tertiary/aromatic N) is 4. The van der Waals surface area contributed by atoms with Crippen LogP contribution in [0.15, 0.2) is 20.5 Å². The van der Waals surface area contributed by atoms with Gasteiger partial charge in [0.05, 0.1) is 74.4 Å². The van der Waals surface area contributed by atoms with Gasteiger partial charge >= 0.3 is 0 Å². The van der Waals surface area contributed by atoms with Crippen LogP contribution in [0.5, 0.6) is 0 Å². The number of fused-ring (bicyclic) bond motifs is 2. The average molecular weight is 1590 g/mol. The van der Waals surface area contributed by atoms with E-state index in [4.69, 9.17) is 0 Å². The van der Waals surface area contributed by atoms with Gasteiger partial charge < -0.3 is 25.7 Å². The van der Waals surface area contributed by atoms with Gasteiger partial charge in [-0.15, -0.1) is 0 Å². The summed E-state index contributed by atoms with van der Waals surface area (Å²) in [6, 6.07) is -6.35. The number of hydrogen-bond acceptors (Lipinski definition) is 37. The SMILES string of the molecule is O=C(NC1CCC(NC2NC(NCCO)NC(NC3CC(S(=O)(=O)O)CC4CC(S(=O)(=O)O)C(N=NC5CC(COO)CC(COO)C5)C(O)C43)N2)CC1)C1CCC(NC2NC(NCCO)NC(NC3CC(S(=O)(=O)O)CC4CC(S(=O)(=O)O)C(N=NC5CC(COO)CC(COO)C5)C(O)C43)N2)CC1. The standard InChI is InChI=1S/C59H111N17O25S4/c77-11-9-60-54-67-56(71-58(69-54)65-43-23-41(102(86,87)88)19-34-21-45(104(92,93)94)49(51(79)47(34)43)75-73-39-15-29(25-98-82)13-30(16-39)26-99-83)63-37-3-1-33(2-4-37)53(81)62-36-5-7-38(8-6-36)64-57-68-55(61-10-12-78)70-59(72-57)66-44-24-42(103(89,90)91)20-35-22-46(105(95,96)97)50(52(80)48(35)44)76-74-40-17-31(27-100-84)14-32(18-40)28-101-85/h29-52,54-61,63-72,77-80,82-85H,1-28H2,(H,62,81)(H,86,87,88)(H,89,90,91)(H,92,93,94)(H,95,96,97). The van der Waals surface area contributed by atoms with E-state index in [0.29, 0.717) is 89.9 Å². The molecule has 0 radical (unpaired) electrons. The lowest BCUT2D eigenvalue weighted by Gasteiger charge is -2.51. The van der Waals surface area contributed by atoms with Crippen molar-refractivity contribution in [2.45, 2.75) is 254 Å². The summed E-state index contributed by atoms with van der Waals surface area (Å²) in [6.45, 7) is -0.368. The highest BCUT2D eigenvalue weighted by molar-refractivity contribution is 7.87. The third-order valence-corrected chi connectivity index (χ3v) is 28.4. The minimum absolute atomic E-state index is 0.0536. The molecule has 10 aliphatic rings. The van der Waals surface area contributed by atoms with Crippen LogP contribution in [0.1, 0.15) is 128 Å². The van der Waals surface area contributed by atoms with E-state index in [-0.39, 0.29) is 145 Å². The first-order valence-electron chi connectivity index (χ1n) is 36.6. The Balaban J connectivity index is 0.730. The quantitative estimate of drug-likeness (QED) is 0.0133. The van der Waals surface area contributed by atoms with Crippen molar-refractivity contribution >= 4 is 46.4 Å². The normalized spacial score (nSPS) is 42.1. The molecule has 8 saturated carbocycles. The molecule has 24 unspecified atom stereocenters. The van der Waals surface area contributed by atoms with Crippen LogP contribution in [0.4, 0.5) is 0 Å². The zero-order chi connectivity index (χ0) is 75.5. The van der Waals surface area contributed by atoms with Crippen LogP contribution in [-0.4, -0.2) is 277 Å². The van der Waals surface area contributed by atoms with Crippen LogP contribution >= 0.6 is 0 Å². The zero-order valence-corrected chi connectivity index (χ0v) is 61.5. The number of hydrogen-bond donors (Lipinski definition) is 25. The van der Waals surface area contributed by atoms with E-state index in [2.05, 4.69) is 109 Å². The maximum absolute atomic E-state index is 14.0. The molecule has 2 saturated heterocycles. The Labute approximate surface area is 610 Å². The predicted molar refractivity (Wildman–Crippen MR) is 368 cm³/mol. The Hall–Kier alpha value is -2.65. The van der Waals surface area contributed by atoms with Crippen molar-refractivity contribution in [2.24, 2.45) is 73.7 Å². The van der Waals surface area contributed by atoms with E-state index in [1.165, 1.54) is 0 Å². The van der Waals surface area contributed by atoms with Crippen molar-refractivity contribution < 1.29 is 118 Å². The molecule has 2 aliphatic heterocycles. The molecule has 0 aromatic rings. The number of amides is 1. The van der Waals surface area contributed by atoms with Gasteiger partial charge in [0.1, 0.15) is 60.3 Å². The number of aliphatic hydroxyl groups excluding tert-OH is 4. The van der Waals surface area contributed by atoms with Crippen LogP contribution in [-0.2, 0) is 64.8 Å². The van der Waals surface area contributed by atoms with Crippen molar-refractivity contribution in [2.75, 3.05) is 52.7 Å². The lowest BCUT2D eigenvalue weighted by molar-refractivity contribution is -0.263. The van der Waals surface area contributed by atoms with E-state index >= 15 is 0 Å². The first kappa shape index (κ1) is 84.8. The van der Waals surface area contributed by atoms with Gasteiger partial charge in [0.2, 0.25) is 5.91 Å². The fraction of sp³-hybridized carbons (Fsp3) is 0.983. The minimum atomic E-state index is -4.93. The second-order valence-corrected chi connectivity index (χ2v) is 37.4. The highest BCUT2D eigenvalue weighted by Gasteiger charge is 2.58. The van der Waals surface area contributed by atoms with Crippen LogP contribution in [0, 0.1) is 53.3 Å². The van der Waals surface area contributed by atoms with Gasteiger partial charge in [-0.05, 0) is 164 Å². The van der Waals surface area contributed by atoms with Gasteiger partial charge in [0.25, 0.3) is 40.5 Å². The van der Waals surface area contributed by atoms with Gasteiger partial charge in [-0.2, -0.15) is 54.1 Å². The molecule has 0 aromatic heterocycles. The molecule has 2 heterocycles. The lowest BCUT2D eigenvalue weighted by atomic mass is 9.65. The number of nitrogens with one attached hydrogen (secondary N) is 13. The number of carbonyl (C=O) groups is 1. The van der Waals surface area contributed by atoms with Crippen molar-refractivity contribution in [3.8, 4) is 0 Å². The summed E-state index contributed by atoms with van der Waals surface area (Å²) < 4.78 is 146. The molecule has 10 fully saturated rings. The van der Waals surface area contributed by atoms with Gasteiger partial charge in [0.15, 0.2) is 0 Å². The van der Waals surface area contributed by atoms with Gasteiger partial charge in [0, 0.05) is 61.1 Å². The number of azo groups is 2. The highest BCUT2D eigenvalue weighted by atomic mass is 32.2. The third-order valence-electron chi connectivity index (χ3n) is 23.5. The van der Waals surface area contributed by atoms with E-state index in [1.807, 2.05) is 0 Å². The Morgan fingerprint density at radius 1 is 0.400 bits per heavy atom. The predicted octanol–water partition coefficient (Wildman–Crippen LogP) is -3.72. The summed E-state index contributed by atoms with van der Waals surface area (Å²) in [6.07, 6.45) is -1.86. The average Bonchev–Trinajstić information content (AvgIpc) is 0.752. The second-order valence-electron chi connectivity index (χ2n) is 30.7. The molecule has 10 rings (SSSR count). The molecule has 1 amide bonds. The topological polar surface area (TPSA) is 639 Å². The third kappa shape index (κ3) is 23.3. The summed E-state index contributed by atoms with van der Waals surface area (Å²) in [7, 11) is -19.3. The molecule has 0 spiro atoms. The summed E-state index contributed by atoms with van der Waals surface area (Å²) in [5.41, 5.74) is 0. The van der Waals surface area contributed by atoms with Crippen molar-refractivity contribution in [3.63, 3.8) is 0 Å². The van der Waals surface area contributed by atoms with E-state index in [0.717, 1.165) is 0 Å². The monoisotopic (exact) mass is 1590 g/mol. The molecule has 0 bridgehead atoms. The number of carbonyl (C=O) groups excluding carboxylic acids is 1. The molecular weight excluding hydrogens is 1480 g/mol. The van der Waals surface area contributed by atoms with Crippen LogP contribution in [0.25, 0.3) is 0 Å². The number of rotatable bonds is 32. The Kier molecular flexibility index (Phi) is 30.9. The summed E-state index contributed by atoms with van der Waals surface area (Å²) in [5.74, 6) is -4.80. The molecule has 42 nitrogen and oxygen atoms in total. The van der Waals surface area contributed by atoms with E-state index < -0.39 is 171 Å². The molecule has 105 heavy (non-hydrogen) atoms. The molecular formula is C59H111N17O25S4. The first-order chi connectivity index (χ1) is 49.9. The first-order valence-corrected chi connectivity index (χ1v) is 42.6. The maximum Gasteiger partial charge on any atom is 0.270 e. The smallest absolute Gasteiger partial charge is 0.270 e. The fourth-order valence-electron chi connectivity index (χ4n) is 18.8. The Morgan fingerprint density at radius 2 is 0.733 bits per heavy atom. The van der Waals surface area contributed by atoms with E-state index in [9.17, 15) is 98.1 Å². The largest absolute Gasteiger partial charge is 0.395 e.